The summed E-state index contributed by atoms with van der Waals surface area (Å²) in [6.07, 6.45) is 1.69. The van der Waals surface area contributed by atoms with Gasteiger partial charge in [-0.15, -0.1) is 0 Å². The van der Waals surface area contributed by atoms with Crippen LogP contribution in [0.15, 0.2) is 66.7 Å². The third-order valence-electron chi connectivity index (χ3n) is 5.35. The molecule has 0 saturated carbocycles. The van der Waals surface area contributed by atoms with Gasteiger partial charge in [-0.25, -0.2) is 0 Å². The average Bonchev–Trinajstić information content (AvgIpc) is 2.73. The molecule has 0 unspecified atom stereocenters. The maximum Gasteiger partial charge on any atom is 0.193 e. The number of Topliss-reactive ketones (excluding diaryl/α,β-unsaturated/α-hetero) is 1. The van der Waals surface area contributed by atoms with E-state index >= 15 is 0 Å². The van der Waals surface area contributed by atoms with Gasteiger partial charge in [-0.1, -0.05) is 36.4 Å². The van der Waals surface area contributed by atoms with Gasteiger partial charge in [-0.2, -0.15) is 0 Å². The molecular weight excluding hydrogens is 348 g/mol. The summed E-state index contributed by atoms with van der Waals surface area (Å²) in [5.41, 5.74) is 6.59. The Hall–Kier alpha value is -3.33. The highest BCUT2D eigenvalue weighted by molar-refractivity contribution is 6.35. The van der Waals surface area contributed by atoms with Crippen molar-refractivity contribution in [3.63, 3.8) is 0 Å². The first-order chi connectivity index (χ1) is 13.6. The van der Waals surface area contributed by atoms with E-state index in [0.29, 0.717) is 5.56 Å². The van der Waals surface area contributed by atoms with Gasteiger partial charge in [0.15, 0.2) is 5.78 Å². The van der Waals surface area contributed by atoms with Crippen molar-refractivity contribution in [3.8, 4) is 11.5 Å². The van der Waals surface area contributed by atoms with Crippen LogP contribution in [-0.4, -0.2) is 18.0 Å². The number of benzene rings is 3. The Balaban J connectivity index is 1.93. The number of carbonyl (C=O) groups excluding carboxylic acids is 1. The number of allylic oxidation sites excluding steroid dienone is 2. The molecule has 4 rings (SSSR count). The van der Waals surface area contributed by atoms with Crippen molar-refractivity contribution >= 4 is 16.9 Å². The fraction of sp³-hybridized carbons (Fsp3) is 0.160. The van der Waals surface area contributed by atoms with Gasteiger partial charge in [0.05, 0.1) is 7.11 Å². The van der Waals surface area contributed by atoms with Crippen LogP contribution in [0.5, 0.6) is 11.5 Å². The van der Waals surface area contributed by atoms with Crippen LogP contribution < -0.4 is 4.74 Å². The molecule has 1 aliphatic carbocycles. The van der Waals surface area contributed by atoms with Gasteiger partial charge in [0.2, 0.25) is 0 Å². The van der Waals surface area contributed by atoms with Crippen LogP contribution in [0.25, 0.3) is 11.1 Å². The van der Waals surface area contributed by atoms with Crippen LogP contribution in [-0.2, 0) is 6.42 Å². The molecule has 0 fully saturated rings. The second-order valence-electron chi connectivity index (χ2n) is 7.07. The lowest BCUT2D eigenvalue weighted by molar-refractivity contribution is 0.105. The molecule has 0 radical (unpaired) electrons. The van der Waals surface area contributed by atoms with Crippen LogP contribution in [0.1, 0.15) is 39.0 Å². The van der Waals surface area contributed by atoms with Crippen LogP contribution in [0, 0.1) is 6.92 Å². The van der Waals surface area contributed by atoms with Gasteiger partial charge in [0, 0.05) is 11.1 Å². The summed E-state index contributed by atoms with van der Waals surface area (Å²) >= 11 is 0. The zero-order chi connectivity index (χ0) is 19.7. The van der Waals surface area contributed by atoms with Gasteiger partial charge < -0.3 is 9.84 Å². The molecule has 140 valence electrons. The maximum absolute atomic E-state index is 13.5. The van der Waals surface area contributed by atoms with E-state index in [1.54, 1.807) is 31.4 Å². The summed E-state index contributed by atoms with van der Waals surface area (Å²) < 4.78 is 5.50. The number of hydrogen-bond acceptors (Lipinski definition) is 3. The number of aryl methyl sites for hydroxylation is 2. The third-order valence-corrected chi connectivity index (χ3v) is 5.35. The molecule has 3 aromatic carbocycles. The molecule has 0 saturated heterocycles. The summed E-state index contributed by atoms with van der Waals surface area (Å²) in [6.45, 7) is 2.01. The van der Waals surface area contributed by atoms with Crippen molar-refractivity contribution < 1.29 is 14.6 Å². The summed E-state index contributed by atoms with van der Waals surface area (Å²) in [6, 6.07) is 20.7. The second kappa shape index (κ2) is 7.35. The predicted molar refractivity (Wildman–Crippen MR) is 112 cm³/mol. The van der Waals surface area contributed by atoms with Crippen molar-refractivity contribution in [1.29, 1.82) is 0 Å². The second-order valence-corrected chi connectivity index (χ2v) is 7.07. The number of hydrogen-bond donors (Lipinski definition) is 1. The number of ketones is 1. The van der Waals surface area contributed by atoms with E-state index in [0.717, 1.165) is 46.4 Å². The average molecular weight is 370 g/mol. The van der Waals surface area contributed by atoms with E-state index < -0.39 is 0 Å². The van der Waals surface area contributed by atoms with Gasteiger partial charge in [0.1, 0.15) is 11.5 Å². The van der Waals surface area contributed by atoms with Crippen LogP contribution in [0.2, 0.25) is 0 Å². The lowest BCUT2D eigenvalue weighted by Gasteiger charge is -2.24. The molecule has 0 aromatic heterocycles. The number of ether oxygens (including phenoxy) is 1. The molecule has 1 N–H and O–H groups in total. The molecule has 3 heteroatoms. The molecule has 3 nitrogen and oxygen atoms in total. The van der Waals surface area contributed by atoms with Crippen molar-refractivity contribution in [3.05, 3.63) is 94.5 Å². The minimum absolute atomic E-state index is 0.0262. The van der Waals surface area contributed by atoms with Gasteiger partial charge in [-0.3, -0.25) is 4.79 Å². The highest BCUT2D eigenvalue weighted by Gasteiger charge is 2.26. The van der Waals surface area contributed by atoms with Crippen LogP contribution >= 0.6 is 0 Å². The molecule has 1 aliphatic rings. The van der Waals surface area contributed by atoms with Crippen LogP contribution in [0.3, 0.4) is 0 Å². The van der Waals surface area contributed by atoms with Crippen molar-refractivity contribution in [2.45, 2.75) is 19.8 Å². The Labute approximate surface area is 164 Å². The lowest BCUT2D eigenvalue weighted by atomic mass is 9.79. The molecular formula is C25H22O3. The molecule has 3 aromatic rings. The highest BCUT2D eigenvalue weighted by atomic mass is 16.5. The molecule has 28 heavy (non-hydrogen) atoms. The van der Waals surface area contributed by atoms with Crippen molar-refractivity contribution in [2.24, 2.45) is 0 Å². The van der Waals surface area contributed by atoms with Gasteiger partial charge >= 0.3 is 0 Å². The molecule has 0 amide bonds. The lowest BCUT2D eigenvalue weighted by Crippen LogP contribution is -2.12. The fourth-order valence-electron chi connectivity index (χ4n) is 3.84. The monoisotopic (exact) mass is 370 g/mol. The predicted octanol–water partition coefficient (Wildman–Crippen LogP) is 5.45. The van der Waals surface area contributed by atoms with Gasteiger partial charge in [-0.05, 0) is 77.9 Å². The zero-order valence-electron chi connectivity index (χ0n) is 16.0. The van der Waals surface area contributed by atoms with Gasteiger partial charge in [0.25, 0.3) is 0 Å². The Morgan fingerprint density at radius 3 is 2.46 bits per heavy atom. The number of phenolic OH excluding ortho intramolecular Hbond substituents is 1. The van der Waals surface area contributed by atoms with E-state index in [4.69, 9.17) is 4.74 Å². The first-order valence-electron chi connectivity index (χ1n) is 9.38. The fourth-order valence-corrected chi connectivity index (χ4v) is 3.84. The Bertz CT molecular complexity index is 1080. The highest BCUT2D eigenvalue weighted by Crippen LogP contribution is 2.40. The molecule has 0 spiro atoms. The zero-order valence-corrected chi connectivity index (χ0v) is 16.0. The molecule has 0 aliphatic heterocycles. The topological polar surface area (TPSA) is 46.5 Å². The number of methoxy groups -OCH3 is 1. The smallest absolute Gasteiger partial charge is 0.193 e. The molecule has 0 heterocycles. The summed E-state index contributed by atoms with van der Waals surface area (Å²) in [7, 11) is 1.67. The minimum Gasteiger partial charge on any atom is -0.508 e. The third kappa shape index (κ3) is 3.20. The Morgan fingerprint density at radius 2 is 1.71 bits per heavy atom. The number of aromatic hydroxyl groups is 1. The summed E-state index contributed by atoms with van der Waals surface area (Å²) in [5, 5.41) is 9.58. The van der Waals surface area contributed by atoms with E-state index in [-0.39, 0.29) is 11.5 Å². The largest absolute Gasteiger partial charge is 0.508 e. The SMILES string of the molecule is COc1cc(C2=C(C(=O)c3ccc(O)cc3)c3ccccc3CC2)ccc1C. The quantitative estimate of drug-likeness (QED) is 0.621. The van der Waals surface area contributed by atoms with E-state index in [1.807, 2.05) is 37.3 Å². The van der Waals surface area contributed by atoms with Crippen LogP contribution in [0.4, 0.5) is 0 Å². The number of phenols is 1. The maximum atomic E-state index is 13.5. The molecule has 0 atom stereocenters. The number of carbonyl (C=O) groups is 1. The standard InChI is InChI=1S/C25H22O3/c1-16-7-8-19(15-23(16)28-2)22-14-11-17-5-3-4-6-21(17)24(22)25(27)18-9-12-20(26)13-10-18/h3-10,12-13,15,26H,11,14H2,1-2H3. The van der Waals surface area contributed by atoms with E-state index in [9.17, 15) is 9.90 Å². The first kappa shape index (κ1) is 18.1. The van der Waals surface area contributed by atoms with E-state index in [1.165, 1.54) is 5.56 Å². The summed E-state index contributed by atoms with van der Waals surface area (Å²) in [4.78, 5) is 13.5. The molecule has 0 bridgehead atoms. The first-order valence-corrected chi connectivity index (χ1v) is 9.38. The normalized spacial score (nSPS) is 13.2. The van der Waals surface area contributed by atoms with Crippen molar-refractivity contribution in [1.82, 2.24) is 0 Å². The van der Waals surface area contributed by atoms with E-state index in [2.05, 4.69) is 12.1 Å². The Morgan fingerprint density at radius 1 is 0.964 bits per heavy atom. The Kier molecular flexibility index (Phi) is 4.74. The van der Waals surface area contributed by atoms with Crippen molar-refractivity contribution in [2.75, 3.05) is 7.11 Å². The number of rotatable bonds is 4. The minimum atomic E-state index is -0.0262. The number of fused-ring (bicyclic) bond motifs is 1. The summed E-state index contributed by atoms with van der Waals surface area (Å²) in [5.74, 6) is 0.944.